The quantitative estimate of drug-likeness (QED) is 0.507. The van der Waals surface area contributed by atoms with Crippen LogP contribution >= 0.6 is 0 Å². The monoisotopic (exact) mass is 292 g/mol. The molecule has 4 heteroatoms. The third-order valence-electron chi connectivity index (χ3n) is 4.59. The van der Waals surface area contributed by atoms with E-state index in [2.05, 4.69) is 34.1 Å². The maximum absolute atomic E-state index is 4.38. The minimum Gasteiger partial charge on any atom is -0.226 e. The van der Waals surface area contributed by atoms with Crippen LogP contribution in [0.15, 0.2) is 0 Å². The molecule has 21 heavy (non-hydrogen) atoms. The van der Waals surface area contributed by atoms with Gasteiger partial charge in [-0.15, -0.1) is 5.10 Å². The molecule has 0 bridgehead atoms. The van der Waals surface area contributed by atoms with E-state index in [1.165, 1.54) is 82.9 Å². The van der Waals surface area contributed by atoms with E-state index in [4.69, 9.17) is 0 Å². The van der Waals surface area contributed by atoms with E-state index in [9.17, 15) is 0 Å². The van der Waals surface area contributed by atoms with Crippen LogP contribution in [-0.4, -0.2) is 20.2 Å². The number of unbranched alkanes of at least 4 members (excludes halogenated alkanes) is 6. The molecule has 0 aromatic carbocycles. The largest absolute Gasteiger partial charge is 0.226 e. The Bertz CT molecular complexity index is 372. The maximum Gasteiger partial charge on any atom is 0.154 e. The Balaban J connectivity index is 1.88. The Morgan fingerprint density at radius 3 is 2.10 bits per heavy atom. The van der Waals surface area contributed by atoms with Crippen molar-refractivity contribution < 1.29 is 0 Å². The summed E-state index contributed by atoms with van der Waals surface area (Å²) in [5.41, 5.74) is 0. The van der Waals surface area contributed by atoms with Crippen molar-refractivity contribution in [3.05, 3.63) is 5.82 Å². The summed E-state index contributed by atoms with van der Waals surface area (Å²) in [5, 5.41) is 12.6. The molecule has 1 aromatic heterocycles. The molecule has 0 unspecified atom stereocenters. The van der Waals surface area contributed by atoms with Gasteiger partial charge in [0, 0.05) is 5.92 Å². The number of hydrogen-bond acceptors (Lipinski definition) is 3. The normalized spacial score (nSPS) is 15.0. The van der Waals surface area contributed by atoms with Crippen molar-refractivity contribution in [2.24, 2.45) is 0 Å². The number of rotatable bonds is 12. The maximum atomic E-state index is 4.38. The van der Waals surface area contributed by atoms with Crippen LogP contribution in [0.5, 0.6) is 0 Å². The third-order valence-corrected chi connectivity index (χ3v) is 4.59. The molecule has 0 atom stereocenters. The van der Waals surface area contributed by atoms with E-state index in [-0.39, 0.29) is 0 Å². The number of nitrogens with zero attached hydrogens (tertiary/aromatic N) is 4. The second-order valence-electron chi connectivity index (χ2n) is 6.61. The topological polar surface area (TPSA) is 43.6 Å². The lowest BCUT2D eigenvalue weighted by atomic mass is 9.93. The van der Waals surface area contributed by atoms with Crippen molar-refractivity contribution in [1.29, 1.82) is 0 Å². The zero-order valence-corrected chi connectivity index (χ0v) is 13.9. The molecule has 0 saturated heterocycles. The predicted molar refractivity (Wildman–Crippen MR) is 86.3 cm³/mol. The molecule has 2 rings (SSSR count). The van der Waals surface area contributed by atoms with Crippen LogP contribution in [0.1, 0.15) is 109 Å². The first kappa shape index (κ1) is 16.4. The predicted octanol–water partition coefficient (Wildman–Crippen LogP) is 5.03. The van der Waals surface area contributed by atoms with Crippen LogP contribution in [0.4, 0.5) is 0 Å². The summed E-state index contributed by atoms with van der Waals surface area (Å²) < 4.78 is 2.13. The van der Waals surface area contributed by atoms with Gasteiger partial charge in [0.25, 0.3) is 0 Å². The molecule has 0 aliphatic heterocycles. The Kier molecular flexibility index (Phi) is 7.17. The van der Waals surface area contributed by atoms with E-state index in [1.807, 2.05) is 0 Å². The van der Waals surface area contributed by atoms with Gasteiger partial charge < -0.3 is 0 Å². The van der Waals surface area contributed by atoms with E-state index >= 15 is 0 Å². The van der Waals surface area contributed by atoms with Crippen molar-refractivity contribution in [3.8, 4) is 0 Å². The fourth-order valence-electron chi connectivity index (χ4n) is 3.09. The first-order chi connectivity index (χ1) is 10.4. The molecule has 0 spiro atoms. The Morgan fingerprint density at radius 2 is 1.57 bits per heavy atom. The van der Waals surface area contributed by atoms with Crippen LogP contribution < -0.4 is 0 Å². The van der Waals surface area contributed by atoms with Crippen LogP contribution in [0.3, 0.4) is 0 Å². The van der Waals surface area contributed by atoms with Gasteiger partial charge in [-0.25, -0.2) is 4.68 Å². The highest BCUT2D eigenvalue weighted by Crippen LogP contribution is 2.37. The van der Waals surface area contributed by atoms with Crippen molar-refractivity contribution in [1.82, 2.24) is 20.2 Å². The molecule has 1 aliphatic carbocycles. The highest BCUT2D eigenvalue weighted by Gasteiger charge is 2.30. The molecule has 0 N–H and O–H groups in total. The average molecular weight is 292 g/mol. The van der Waals surface area contributed by atoms with Gasteiger partial charge in [0.05, 0.1) is 6.04 Å². The van der Waals surface area contributed by atoms with Gasteiger partial charge in [0.15, 0.2) is 5.82 Å². The van der Waals surface area contributed by atoms with Gasteiger partial charge in [-0.05, 0) is 36.1 Å². The highest BCUT2D eigenvalue weighted by molar-refractivity contribution is 4.98. The summed E-state index contributed by atoms with van der Waals surface area (Å²) in [6, 6.07) is 0.601. The summed E-state index contributed by atoms with van der Waals surface area (Å²) in [6.07, 6.45) is 15.7. The highest BCUT2D eigenvalue weighted by atomic mass is 15.6. The van der Waals surface area contributed by atoms with Crippen LogP contribution in [0.2, 0.25) is 0 Å². The summed E-state index contributed by atoms with van der Waals surface area (Å²) in [4.78, 5) is 0. The van der Waals surface area contributed by atoms with E-state index in [0.717, 1.165) is 0 Å². The third kappa shape index (κ3) is 5.40. The molecule has 1 saturated carbocycles. The molecule has 1 aliphatic rings. The van der Waals surface area contributed by atoms with E-state index in [0.29, 0.717) is 12.0 Å². The zero-order valence-electron chi connectivity index (χ0n) is 13.9. The lowest BCUT2D eigenvalue weighted by Crippen LogP contribution is -2.10. The van der Waals surface area contributed by atoms with Gasteiger partial charge in [-0.1, -0.05) is 65.2 Å². The van der Waals surface area contributed by atoms with Gasteiger partial charge in [-0.3, -0.25) is 0 Å². The van der Waals surface area contributed by atoms with Gasteiger partial charge in [-0.2, -0.15) is 0 Å². The Morgan fingerprint density at radius 1 is 0.952 bits per heavy atom. The fourth-order valence-corrected chi connectivity index (χ4v) is 3.09. The fraction of sp³-hybridized carbons (Fsp3) is 0.941. The molecule has 1 aromatic rings. The van der Waals surface area contributed by atoms with E-state index < -0.39 is 0 Å². The molecule has 1 fully saturated rings. The second-order valence-corrected chi connectivity index (χ2v) is 6.61. The van der Waals surface area contributed by atoms with Crippen LogP contribution in [0, 0.1) is 0 Å². The minimum absolute atomic E-state index is 0.578. The standard InChI is InChI=1S/C17H32N4/c1-3-5-7-9-11-15(12-10-8-6-4-2)17-18-19-20-21(17)16-13-14-16/h15-16H,3-14H2,1-2H3. The molecule has 4 nitrogen and oxygen atoms in total. The van der Waals surface area contributed by atoms with E-state index in [1.54, 1.807) is 0 Å². The van der Waals surface area contributed by atoms with Gasteiger partial charge >= 0.3 is 0 Å². The summed E-state index contributed by atoms with van der Waals surface area (Å²) in [7, 11) is 0. The van der Waals surface area contributed by atoms with Gasteiger partial charge in [0.1, 0.15) is 0 Å². The Labute approximate surface area is 129 Å². The lowest BCUT2D eigenvalue weighted by molar-refractivity contribution is 0.451. The van der Waals surface area contributed by atoms with Gasteiger partial charge in [0.2, 0.25) is 0 Å². The molecular weight excluding hydrogens is 260 g/mol. The van der Waals surface area contributed by atoms with Crippen molar-refractivity contribution >= 4 is 0 Å². The molecular formula is C17H32N4. The number of tetrazole rings is 1. The zero-order chi connectivity index (χ0) is 14.9. The summed E-state index contributed by atoms with van der Waals surface area (Å²) in [6.45, 7) is 4.55. The first-order valence-electron chi connectivity index (χ1n) is 9.14. The lowest BCUT2D eigenvalue weighted by Gasteiger charge is -2.16. The van der Waals surface area contributed by atoms with Crippen LogP contribution in [-0.2, 0) is 0 Å². The molecule has 0 amide bonds. The van der Waals surface area contributed by atoms with Crippen molar-refractivity contribution in [2.75, 3.05) is 0 Å². The summed E-state index contributed by atoms with van der Waals surface area (Å²) >= 11 is 0. The smallest absolute Gasteiger partial charge is 0.154 e. The minimum atomic E-state index is 0.578. The number of hydrogen-bond donors (Lipinski definition) is 0. The summed E-state index contributed by atoms with van der Waals surface area (Å²) in [5.74, 6) is 1.75. The Hall–Kier alpha value is -0.930. The molecule has 0 radical (unpaired) electrons. The van der Waals surface area contributed by atoms with Crippen molar-refractivity contribution in [2.45, 2.75) is 103 Å². The number of aromatic nitrogens is 4. The van der Waals surface area contributed by atoms with Crippen molar-refractivity contribution in [3.63, 3.8) is 0 Å². The van der Waals surface area contributed by atoms with Crippen LogP contribution in [0.25, 0.3) is 0 Å². The molecule has 120 valence electrons. The second kappa shape index (κ2) is 9.16. The first-order valence-corrected chi connectivity index (χ1v) is 9.14. The average Bonchev–Trinajstić information content (AvgIpc) is 3.23. The molecule has 1 heterocycles. The SMILES string of the molecule is CCCCCCC(CCCCCC)c1nnnn1C1CC1.